The fourth-order valence-electron chi connectivity index (χ4n) is 7.82. The van der Waals surface area contributed by atoms with Gasteiger partial charge in [0.05, 0.1) is 40.1 Å². The van der Waals surface area contributed by atoms with Gasteiger partial charge in [0.1, 0.15) is 6.61 Å². The number of rotatable bonds is 48. The molecule has 0 aromatic heterocycles. The molecular weight excluding hydrogens is 930 g/mol. The third-order valence-electron chi connectivity index (χ3n) is 11.9. The number of hydrogen-bond acceptors (Lipinski definition) is 15. The fraction of sp³-hybridized carbons (Fsp3) is 0.816. The molecule has 0 saturated heterocycles. The van der Waals surface area contributed by atoms with Crippen LogP contribution >= 0.6 is 7.82 Å². The maximum absolute atomic E-state index is 12.8. The molecule has 3 N–H and O–H groups in total. The summed E-state index contributed by atoms with van der Waals surface area (Å²) in [6.07, 6.45) is 30.7. The second kappa shape index (κ2) is 41.4. The summed E-state index contributed by atoms with van der Waals surface area (Å²) < 4.78 is 33.8. The van der Waals surface area contributed by atoms with Crippen molar-refractivity contribution in [1.29, 1.82) is 0 Å². The number of amides is 1. The highest BCUT2D eigenvalue weighted by molar-refractivity contribution is 7.47. The smallest absolute Gasteiger partial charge is 0.462 e. The van der Waals surface area contributed by atoms with Gasteiger partial charge in [0.15, 0.2) is 11.8 Å². The number of hydrogen-bond donors (Lipinski definition) is 3. The Morgan fingerprint density at radius 1 is 0.557 bits per heavy atom. The Labute approximate surface area is 415 Å². The number of esters is 2. The van der Waals surface area contributed by atoms with Gasteiger partial charge in [-0.3, -0.25) is 53.8 Å². The molecule has 0 aliphatic heterocycles. The van der Waals surface area contributed by atoms with Crippen LogP contribution < -0.4 is 10.6 Å². The SMILES string of the molecule is CCCCCCCCCCCCCCCC(=O)OCC(COP(=O)(O)OCCNC(=O)CCCCCNc1c([N+](=O)[O-])cc([N+](=O)[O-])cc1[N+](=O)[O-])OC(=O)CCCCCCCCCCCCCCC. The third kappa shape index (κ3) is 34.1. The average Bonchev–Trinajstić information content (AvgIpc) is 3.32. The van der Waals surface area contributed by atoms with Crippen molar-refractivity contribution in [2.75, 3.05) is 38.2 Å². The number of non-ortho nitro benzene ring substituents is 1. The Kier molecular flexibility index (Phi) is 37.7. The molecule has 0 fully saturated rings. The van der Waals surface area contributed by atoms with Crippen LogP contribution in [0, 0.1) is 30.3 Å². The van der Waals surface area contributed by atoms with Gasteiger partial charge in [-0.25, -0.2) is 4.57 Å². The van der Waals surface area contributed by atoms with Gasteiger partial charge in [0.2, 0.25) is 5.91 Å². The lowest BCUT2D eigenvalue weighted by atomic mass is 10.0. The van der Waals surface area contributed by atoms with Crippen molar-refractivity contribution >= 4 is 48.4 Å². The number of nitrogens with one attached hydrogen (secondary N) is 2. The summed E-state index contributed by atoms with van der Waals surface area (Å²) >= 11 is 0. The topological polar surface area (TPSA) is 279 Å². The van der Waals surface area contributed by atoms with Crippen molar-refractivity contribution in [3.63, 3.8) is 0 Å². The zero-order valence-corrected chi connectivity index (χ0v) is 43.2. The molecule has 0 aliphatic rings. The first-order chi connectivity index (χ1) is 33.7. The first-order valence-corrected chi connectivity index (χ1v) is 27.8. The first kappa shape index (κ1) is 63.8. The van der Waals surface area contributed by atoms with E-state index in [4.69, 9.17) is 18.5 Å². The van der Waals surface area contributed by atoms with Crippen LogP contribution in [0.1, 0.15) is 219 Å². The summed E-state index contributed by atoms with van der Waals surface area (Å²) in [5.74, 6) is -1.39. The van der Waals surface area contributed by atoms with Crippen LogP contribution in [0.4, 0.5) is 22.7 Å². The standard InChI is InChI=1S/C49H86N5O15P/c1-3-5-7-9-11-13-15-17-19-21-23-25-29-33-47(56)66-40-43(69-48(57)34-30-26-24-22-20-18-16-14-12-10-8-6-4-2)41-68-70(64,65)67-37-36-50-46(55)32-28-27-31-35-51-49-44(53(60)61)38-42(52(58)59)39-45(49)54(62)63/h38-39,43,51H,3-37,40-41H2,1-2H3,(H,50,55)(H,64,65). The predicted molar refractivity (Wildman–Crippen MR) is 270 cm³/mol. The molecule has 0 radical (unpaired) electrons. The van der Waals surface area contributed by atoms with Gasteiger partial charge in [-0.05, 0) is 25.7 Å². The van der Waals surface area contributed by atoms with Crippen LogP contribution in [-0.4, -0.2) is 76.5 Å². The highest BCUT2D eigenvalue weighted by Crippen LogP contribution is 2.43. The highest BCUT2D eigenvalue weighted by atomic mass is 31.2. The largest absolute Gasteiger partial charge is 0.472 e. The van der Waals surface area contributed by atoms with E-state index in [1.807, 2.05) is 0 Å². The zero-order valence-electron chi connectivity index (χ0n) is 42.3. The van der Waals surface area contributed by atoms with Crippen molar-refractivity contribution < 1.29 is 57.1 Å². The first-order valence-electron chi connectivity index (χ1n) is 26.3. The number of carbonyl (C=O) groups is 3. The molecular formula is C49H86N5O15P. The lowest BCUT2D eigenvalue weighted by Crippen LogP contribution is -2.30. The van der Waals surface area contributed by atoms with Crippen molar-refractivity contribution in [2.24, 2.45) is 0 Å². The Hall–Kier alpha value is -4.26. The van der Waals surface area contributed by atoms with E-state index in [9.17, 15) is 54.2 Å². The van der Waals surface area contributed by atoms with Gasteiger partial charge < -0.3 is 25.0 Å². The van der Waals surface area contributed by atoms with Gasteiger partial charge >= 0.3 is 31.1 Å². The van der Waals surface area contributed by atoms with Crippen molar-refractivity contribution in [1.82, 2.24) is 5.32 Å². The van der Waals surface area contributed by atoms with E-state index in [2.05, 4.69) is 24.5 Å². The summed E-state index contributed by atoms with van der Waals surface area (Å²) in [6.45, 7) is 3.03. The second-order valence-electron chi connectivity index (χ2n) is 18.1. The maximum Gasteiger partial charge on any atom is 0.472 e. The number of unbranched alkanes of at least 4 members (excludes halogenated alkanes) is 26. The molecule has 0 saturated carbocycles. The average molecular weight is 1020 g/mol. The molecule has 0 spiro atoms. The van der Waals surface area contributed by atoms with Gasteiger partial charge in [-0.1, -0.05) is 174 Å². The zero-order chi connectivity index (χ0) is 51.7. The van der Waals surface area contributed by atoms with Gasteiger partial charge in [0, 0.05) is 32.4 Å². The molecule has 0 aliphatic carbocycles. The molecule has 21 heteroatoms. The van der Waals surface area contributed by atoms with E-state index in [1.54, 1.807) is 0 Å². The summed E-state index contributed by atoms with van der Waals surface area (Å²) in [4.78, 5) is 79.3. The maximum atomic E-state index is 12.8. The molecule has 1 rings (SSSR count). The molecule has 70 heavy (non-hydrogen) atoms. The number of anilines is 1. The number of nitrogens with zero attached hydrogens (tertiary/aromatic N) is 3. The van der Waals surface area contributed by atoms with E-state index in [0.29, 0.717) is 44.2 Å². The van der Waals surface area contributed by atoms with E-state index in [0.717, 1.165) is 38.5 Å². The van der Waals surface area contributed by atoms with Crippen LogP contribution in [0.3, 0.4) is 0 Å². The van der Waals surface area contributed by atoms with Crippen LogP contribution in [0.25, 0.3) is 0 Å². The normalized spacial score (nSPS) is 12.5. The highest BCUT2D eigenvalue weighted by Gasteiger charge is 2.30. The van der Waals surface area contributed by atoms with Crippen LogP contribution in [0.2, 0.25) is 0 Å². The van der Waals surface area contributed by atoms with Gasteiger partial charge in [-0.15, -0.1) is 0 Å². The minimum absolute atomic E-state index is 0.0439. The number of nitro benzene ring substituents is 3. The lowest BCUT2D eigenvalue weighted by Gasteiger charge is -2.20. The van der Waals surface area contributed by atoms with Crippen molar-refractivity contribution in [3.8, 4) is 0 Å². The quantitative estimate of drug-likeness (QED) is 0.0180. The van der Waals surface area contributed by atoms with E-state index < -0.39 is 82.5 Å². The number of phosphoric ester groups is 1. The number of benzene rings is 1. The number of ether oxygens (including phenoxy) is 2. The summed E-state index contributed by atoms with van der Waals surface area (Å²) in [6, 6.07) is 1.28. The fourth-order valence-corrected chi connectivity index (χ4v) is 8.57. The van der Waals surface area contributed by atoms with E-state index in [1.165, 1.54) is 116 Å². The minimum Gasteiger partial charge on any atom is -0.462 e. The summed E-state index contributed by atoms with van der Waals surface area (Å²) in [5.41, 5.74) is -2.87. The van der Waals surface area contributed by atoms with Crippen LogP contribution in [0.5, 0.6) is 0 Å². The van der Waals surface area contributed by atoms with Crippen molar-refractivity contribution in [3.05, 3.63) is 42.5 Å². The van der Waals surface area contributed by atoms with Gasteiger partial charge in [-0.2, -0.15) is 0 Å². The Bertz CT molecular complexity index is 1650. The molecule has 2 unspecified atom stereocenters. The second-order valence-corrected chi connectivity index (χ2v) is 19.5. The summed E-state index contributed by atoms with van der Waals surface area (Å²) in [7, 11) is -4.69. The molecule has 1 aromatic carbocycles. The Morgan fingerprint density at radius 2 is 0.971 bits per heavy atom. The molecule has 0 heterocycles. The monoisotopic (exact) mass is 1020 g/mol. The number of nitro groups is 3. The van der Waals surface area contributed by atoms with Gasteiger partial charge in [0.25, 0.3) is 5.69 Å². The van der Waals surface area contributed by atoms with Crippen LogP contribution in [-0.2, 0) is 37.5 Å². The lowest BCUT2D eigenvalue weighted by molar-refractivity contribution is -0.401. The molecule has 1 amide bonds. The van der Waals surface area contributed by atoms with E-state index in [-0.39, 0.29) is 39.0 Å². The predicted octanol–water partition coefficient (Wildman–Crippen LogP) is 13.1. The minimum atomic E-state index is -4.69. The molecule has 20 nitrogen and oxygen atoms in total. The number of phosphoric acid groups is 1. The molecule has 402 valence electrons. The van der Waals surface area contributed by atoms with E-state index >= 15 is 0 Å². The third-order valence-corrected chi connectivity index (χ3v) is 12.9. The van der Waals surface area contributed by atoms with Crippen molar-refractivity contribution in [2.45, 2.75) is 225 Å². The number of carbonyl (C=O) groups excluding carboxylic acids is 3. The molecule has 0 bridgehead atoms. The molecule has 1 aromatic rings. The van der Waals surface area contributed by atoms with Crippen LogP contribution in [0.15, 0.2) is 12.1 Å². The molecule has 2 atom stereocenters. The Morgan fingerprint density at radius 3 is 1.41 bits per heavy atom. The summed E-state index contributed by atoms with van der Waals surface area (Å²) in [5, 5.41) is 39.2. The Balaban J connectivity index is 2.48.